The summed E-state index contributed by atoms with van der Waals surface area (Å²) >= 11 is 0. The standard InChI is InChI=1S/C19H28N6O4/c26-17(23-29)13-24(11-7-14-4-1-2-5-14)19(28)25-10-3-6-15(25)18(27)22-16-12-20-8-9-21-16/h8-9,12,14-15,29H,1-7,10-11,13H2,(H,23,26)(H,21,22,27). The minimum atomic E-state index is -0.649. The number of nitrogens with zero attached hydrogens (tertiary/aromatic N) is 4. The highest BCUT2D eigenvalue weighted by atomic mass is 16.5. The van der Waals surface area contributed by atoms with Crippen molar-refractivity contribution in [2.75, 3.05) is 25.0 Å². The summed E-state index contributed by atoms with van der Waals surface area (Å²) in [5.74, 6) is -0.0883. The number of rotatable bonds is 7. The van der Waals surface area contributed by atoms with Crippen LogP contribution in [0.15, 0.2) is 18.6 Å². The van der Waals surface area contributed by atoms with Gasteiger partial charge in [-0.3, -0.25) is 19.8 Å². The lowest BCUT2D eigenvalue weighted by Gasteiger charge is -2.31. The Morgan fingerprint density at radius 3 is 2.66 bits per heavy atom. The third-order valence-electron chi connectivity index (χ3n) is 5.63. The second kappa shape index (κ2) is 10.1. The van der Waals surface area contributed by atoms with Crippen molar-refractivity contribution < 1.29 is 19.6 Å². The fourth-order valence-electron chi connectivity index (χ4n) is 4.11. The van der Waals surface area contributed by atoms with Gasteiger partial charge in [0.25, 0.3) is 5.91 Å². The van der Waals surface area contributed by atoms with E-state index in [-0.39, 0.29) is 18.5 Å². The summed E-state index contributed by atoms with van der Waals surface area (Å²) in [4.78, 5) is 48.4. The number of aromatic nitrogens is 2. The Morgan fingerprint density at radius 1 is 1.17 bits per heavy atom. The van der Waals surface area contributed by atoms with Crippen molar-refractivity contribution >= 4 is 23.7 Å². The van der Waals surface area contributed by atoms with Crippen LogP contribution >= 0.6 is 0 Å². The fraction of sp³-hybridized carbons (Fsp3) is 0.632. The number of nitrogens with one attached hydrogen (secondary N) is 2. The molecular weight excluding hydrogens is 376 g/mol. The smallest absolute Gasteiger partial charge is 0.315 e. The molecule has 3 N–H and O–H groups in total. The van der Waals surface area contributed by atoms with Gasteiger partial charge in [0.1, 0.15) is 12.6 Å². The Balaban J connectivity index is 1.65. The van der Waals surface area contributed by atoms with Crippen LogP contribution in [0.2, 0.25) is 0 Å². The third-order valence-corrected chi connectivity index (χ3v) is 5.63. The average molecular weight is 404 g/mol. The molecule has 1 aromatic rings. The molecule has 3 rings (SSSR count). The predicted octanol–water partition coefficient (Wildman–Crippen LogP) is 1.39. The van der Waals surface area contributed by atoms with E-state index in [4.69, 9.17) is 5.21 Å². The van der Waals surface area contributed by atoms with Gasteiger partial charge in [-0.25, -0.2) is 15.3 Å². The molecule has 1 saturated carbocycles. The summed E-state index contributed by atoms with van der Waals surface area (Å²) in [6.07, 6.45) is 11.2. The summed E-state index contributed by atoms with van der Waals surface area (Å²) < 4.78 is 0. The van der Waals surface area contributed by atoms with Crippen LogP contribution in [-0.4, -0.2) is 68.5 Å². The molecule has 1 saturated heterocycles. The van der Waals surface area contributed by atoms with Crippen molar-refractivity contribution in [2.45, 2.75) is 51.0 Å². The van der Waals surface area contributed by atoms with E-state index in [0.717, 1.165) is 19.3 Å². The maximum Gasteiger partial charge on any atom is 0.321 e. The van der Waals surface area contributed by atoms with Gasteiger partial charge in [-0.05, 0) is 25.2 Å². The van der Waals surface area contributed by atoms with Gasteiger partial charge in [0, 0.05) is 25.5 Å². The lowest BCUT2D eigenvalue weighted by Crippen LogP contribution is -2.51. The monoisotopic (exact) mass is 404 g/mol. The SMILES string of the molecule is O=C(CN(CCC1CCCC1)C(=O)N1CCCC1C(=O)Nc1cnccn1)NO. The molecule has 0 radical (unpaired) electrons. The van der Waals surface area contributed by atoms with E-state index in [1.807, 2.05) is 0 Å². The highest BCUT2D eigenvalue weighted by Gasteiger charge is 2.37. The van der Waals surface area contributed by atoms with Crippen molar-refractivity contribution in [3.05, 3.63) is 18.6 Å². The predicted molar refractivity (Wildman–Crippen MR) is 104 cm³/mol. The molecule has 4 amide bonds. The van der Waals surface area contributed by atoms with Crippen LogP contribution in [0.4, 0.5) is 10.6 Å². The molecule has 1 aliphatic heterocycles. The first-order chi connectivity index (χ1) is 14.1. The van der Waals surface area contributed by atoms with E-state index >= 15 is 0 Å². The maximum absolute atomic E-state index is 13.2. The fourth-order valence-corrected chi connectivity index (χ4v) is 4.11. The van der Waals surface area contributed by atoms with E-state index in [1.165, 1.54) is 41.2 Å². The van der Waals surface area contributed by atoms with Crippen molar-refractivity contribution in [1.82, 2.24) is 25.2 Å². The molecule has 2 aliphatic rings. The van der Waals surface area contributed by atoms with Gasteiger partial charge < -0.3 is 15.1 Å². The van der Waals surface area contributed by atoms with Gasteiger partial charge in [-0.1, -0.05) is 25.7 Å². The van der Waals surface area contributed by atoms with Gasteiger partial charge in [-0.15, -0.1) is 0 Å². The zero-order valence-corrected chi connectivity index (χ0v) is 16.4. The Hall–Kier alpha value is -2.75. The molecule has 1 aliphatic carbocycles. The number of hydrogen-bond donors (Lipinski definition) is 3. The van der Waals surface area contributed by atoms with Crippen LogP contribution in [0, 0.1) is 5.92 Å². The first kappa shape index (κ1) is 21.0. The van der Waals surface area contributed by atoms with Crippen LogP contribution in [0.5, 0.6) is 0 Å². The zero-order valence-electron chi connectivity index (χ0n) is 16.4. The van der Waals surface area contributed by atoms with Crippen LogP contribution in [0.25, 0.3) is 0 Å². The second-order valence-corrected chi connectivity index (χ2v) is 7.61. The second-order valence-electron chi connectivity index (χ2n) is 7.61. The third kappa shape index (κ3) is 5.63. The molecule has 1 unspecified atom stereocenters. The summed E-state index contributed by atoms with van der Waals surface area (Å²) in [6, 6.07) is -0.987. The molecule has 2 fully saturated rings. The van der Waals surface area contributed by atoms with Crippen molar-refractivity contribution in [3.8, 4) is 0 Å². The van der Waals surface area contributed by atoms with Crippen LogP contribution < -0.4 is 10.8 Å². The molecule has 10 heteroatoms. The molecule has 0 spiro atoms. The molecule has 1 atom stereocenters. The Labute approximate surface area is 169 Å². The number of carbonyl (C=O) groups is 3. The molecular formula is C19H28N6O4. The number of likely N-dealkylation sites (tertiary alicyclic amines) is 1. The minimum absolute atomic E-state index is 0.239. The summed E-state index contributed by atoms with van der Waals surface area (Å²) in [7, 11) is 0. The van der Waals surface area contributed by atoms with Crippen LogP contribution in [-0.2, 0) is 9.59 Å². The number of urea groups is 1. The topological polar surface area (TPSA) is 128 Å². The Morgan fingerprint density at radius 2 is 1.97 bits per heavy atom. The highest BCUT2D eigenvalue weighted by Crippen LogP contribution is 2.28. The van der Waals surface area contributed by atoms with Crippen molar-refractivity contribution in [2.24, 2.45) is 5.92 Å². The van der Waals surface area contributed by atoms with E-state index in [9.17, 15) is 14.4 Å². The van der Waals surface area contributed by atoms with E-state index < -0.39 is 11.9 Å². The van der Waals surface area contributed by atoms with Crippen LogP contribution in [0.1, 0.15) is 44.9 Å². The maximum atomic E-state index is 13.2. The largest absolute Gasteiger partial charge is 0.321 e. The van der Waals surface area contributed by atoms with Crippen LogP contribution in [0.3, 0.4) is 0 Å². The van der Waals surface area contributed by atoms with Gasteiger partial charge in [0.2, 0.25) is 5.91 Å². The molecule has 10 nitrogen and oxygen atoms in total. The molecule has 29 heavy (non-hydrogen) atoms. The number of anilines is 1. The van der Waals surface area contributed by atoms with Crippen molar-refractivity contribution in [3.63, 3.8) is 0 Å². The number of hydroxylamine groups is 1. The summed E-state index contributed by atoms with van der Waals surface area (Å²) in [5.41, 5.74) is 1.59. The van der Waals surface area contributed by atoms with Gasteiger partial charge in [0.05, 0.1) is 6.20 Å². The average Bonchev–Trinajstić information content (AvgIpc) is 3.43. The molecule has 2 heterocycles. The summed E-state index contributed by atoms with van der Waals surface area (Å²) in [6.45, 7) is 0.626. The summed E-state index contributed by atoms with van der Waals surface area (Å²) in [5, 5.41) is 11.6. The van der Waals surface area contributed by atoms with Gasteiger partial charge in [0.15, 0.2) is 5.82 Å². The molecule has 158 valence electrons. The first-order valence-electron chi connectivity index (χ1n) is 10.1. The molecule has 0 aromatic carbocycles. The molecule has 0 bridgehead atoms. The van der Waals surface area contributed by atoms with Crippen molar-refractivity contribution in [1.29, 1.82) is 0 Å². The van der Waals surface area contributed by atoms with E-state index in [0.29, 0.717) is 37.7 Å². The van der Waals surface area contributed by atoms with Gasteiger partial charge >= 0.3 is 6.03 Å². The van der Waals surface area contributed by atoms with E-state index in [2.05, 4.69) is 15.3 Å². The first-order valence-corrected chi connectivity index (χ1v) is 10.1. The normalized spacial score (nSPS) is 19.2. The zero-order chi connectivity index (χ0) is 20.6. The minimum Gasteiger partial charge on any atom is -0.315 e. The Bertz CT molecular complexity index is 710. The Kier molecular flexibility index (Phi) is 7.34. The van der Waals surface area contributed by atoms with Gasteiger partial charge in [-0.2, -0.15) is 0 Å². The number of carbonyl (C=O) groups excluding carboxylic acids is 3. The number of hydrogen-bond acceptors (Lipinski definition) is 6. The molecule has 1 aromatic heterocycles. The lowest BCUT2D eigenvalue weighted by atomic mass is 10.0. The number of amides is 4. The highest BCUT2D eigenvalue weighted by molar-refractivity contribution is 5.97. The lowest BCUT2D eigenvalue weighted by molar-refractivity contribution is -0.129. The quantitative estimate of drug-likeness (QED) is 0.465. The van der Waals surface area contributed by atoms with E-state index in [1.54, 1.807) is 5.48 Å².